The second-order valence-corrected chi connectivity index (χ2v) is 11.3. The van der Waals surface area contributed by atoms with Gasteiger partial charge in [-0.1, -0.05) is 26.8 Å². The van der Waals surface area contributed by atoms with E-state index in [0.717, 1.165) is 69.3 Å². The first-order chi connectivity index (χ1) is 15.7. The molecule has 1 spiro atoms. The molecule has 0 aliphatic carbocycles. The molecule has 0 atom stereocenters. The number of anilines is 3. The molecule has 176 valence electrons. The van der Waals surface area contributed by atoms with Gasteiger partial charge in [-0.15, -0.1) is 0 Å². The van der Waals surface area contributed by atoms with Crippen LogP contribution in [0.1, 0.15) is 50.4 Å². The minimum atomic E-state index is -0.0464. The van der Waals surface area contributed by atoms with E-state index < -0.39 is 0 Å². The number of pyridine rings is 2. The molecule has 1 amide bonds. The number of hydrogen-bond acceptors (Lipinski definition) is 6. The Kier molecular flexibility index (Phi) is 5.55. The molecule has 1 N–H and O–H groups in total. The van der Waals surface area contributed by atoms with Crippen LogP contribution >= 0.6 is 0 Å². The van der Waals surface area contributed by atoms with Gasteiger partial charge < -0.3 is 19.9 Å². The van der Waals surface area contributed by atoms with Crippen LogP contribution in [0.2, 0.25) is 0 Å². The fourth-order valence-electron chi connectivity index (χ4n) is 5.02. The van der Waals surface area contributed by atoms with E-state index in [0.29, 0.717) is 17.7 Å². The lowest BCUT2D eigenvalue weighted by Crippen LogP contribution is -2.66. The normalized spacial score (nSPS) is 19.0. The summed E-state index contributed by atoms with van der Waals surface area (Å²) in [6.45, 7) is 14.0. The lowest BCUT2D eigenvalue weighted by atomic mass is 9.78. The first-order valence-corrected chi connectivity index (χ1v) is 12.0. The van der Waals surface area contributed by atoms with Crippen LogP contribution < -0.4 is 15.1 Å². The number of aromatic nitrogens is 2. The second kappa shape index (κ2) is 8.28. The van der Waals surface area contributed by atoms with Gasteiger partial charge in [0.05, 0.1) is 30.0 Å². The van der Waals surface area contributed by atoms with Crippen LogP contribution in [0.4, 0.5) is 17.3 Å². The van der Waals surface area contributed by atoms with Gasteiger partial charge in [0, 0.05) is 38.8 Å². The molecule has 5 rings (SSSR count). The highest BCUT2D eigenvalue weighted by molar-refractivity contribution is 5.91. The number of nitrogens with zero attached hydrogens (tertiary/aromatic N) is 4. The van der Waals surface area contributed by atoms with Crippen molar-refractivity contribution in [3.8, 4) is 0 Å². The Morgan fingerprint density at radius 2 is 2.03 bits per heavy atom. The van der Waals surface area contributed by atoms with Crippen molar-refractivity contribution in [2.75, 3.05) is 48.0 Å². The highest BCUT2D eigenvalue weighted by atomic mass is 16.5. The number of rotatable bonds is 5. The van der Waals surface area contributed by atoms with Gasteiger partial charge in [0.15, 0.2) is 0 Å². The number of carbonyl (C=O) groups excluding carboxylic acids is 1. The van der Waals surface area contributed by atoms with Crippen molar-refractivity contribution < 1.29 is 9.53 Å². The third kappa shape index (κ3) is 4.69. The molecule has 0 bridgehead atoms. The molecule has 33 heavy (non-hydrogen) atoms. The third-order valence-corrected chi connectivity index (χ3v) is 6.78. The van der Waals surface area contributed by atoms with Gasteiger partial charge in [0.1, 0.15) is 11.6 Å². The van der Waals surface area contributed by atoms with Gasteiger partial charge in [0.2, 0.25) is 5.91 Å². The van der Waals surface area contributed by atoms with Crippen molar-refractivity contribution in [3.05, 3.63) is 41.2 Å². The highest BCUT2D eigenvalue weighted by Gasteiger charge is 2.49. The summed E-state index contributed by atoms with van der Waals surface area (Å²) in [6.07, 6.45) is 4.48. The molecular weight excluding hydrogens is 414 g/mol. The van der Waals surface area contributed by atoms with Gasteiger partial charge in [-0.2, -0.15) is 0 Å². The molecule has 7 heteroatoms. The summed E-state index contributed by atoms with van der Waals surface area (Å²) in [7, 11) is 0. The standard InChI is InChI=1S/C26H35N5O2/c1-18-10-21-20(28-24(18)29-23(32)11-25(2,3)4)6-5-9-30(21)13-19-7-8-22(27-12-19)31-14-26(15-31)16-33-17-26/h7-8,10,12H,5-6,9,11,13-17H2,1-4H3,(H,28,29,32). The fraction of sp³-hybridized carbons (Fsp3) is 0.577. The Balaban J connectivity index is 1.25. The Morgan fingerprint density at radius 1 is 1.24 bits per heavy atom. The van der Waals surface area contributed by atoms with E-state index in [-0.39, 0.29) is 11.3 Å². The summed E-state index contributed by atoms with van der Waals surface area (Å²) >= 11 is 0. The molecule has 2 fully saturated rings. The van der Waals surface area contributed by atoms with E-state index in [1.54, 1.807) is 0 Å². The minimum Gasteiger partial charge on any atom is -0.380 e. The van der Waals surface area contributed by atoms with E-state index in [9.17, 15) is 4.79 Å². The molecule has 3 aliphatic heterocycles. The largest absolute Gasteiger partial charge is 0.380 e. The zero-order valence-electron chi connectivity index (χ0n) is 20.3. The second-order valence-electron chi connectivity index (χ2n) is 11.3. The number of ether oxygens (including phenoxy) is 1. The molecule has 7 nitrogen and oxygen atoms in total. The maximum absolute atomic E-state index is 12.4. The number of fused-ring (bicyclic) bond motifs is 1. The van der Waals surface area contributed by atoms with Crippen LogP contribution in [0.25, 0.3) is 0 Å². The molecule has 5 heterocycles. The SMILES string of the molecule is Cc1cc2c(nc1NC(=O)CC(C)(C)C)CCCN2Cc1ccc(N2CC3(COC3)C2)nc1. The van der Waals surface area contributed by atoms with Crippen LogP contribution in [0, 0.1) is 17.8 Å². The molecule has 0 unspecified atom stereocenters. The molecule has 2 saturated heterocycles. The van der Waals surface area contributed by atoms with Crippen LogP contribution in [-0.4, -0.2) is 48.7 Å². The summed E-state index contributed by atoms with van der Waals surface area (Å²) in [6, 6.07) is 6.51. The van der Waals surface area contributed by atoms with Crippen molar-refractivity contribution in [3.63, 3.8) is 0 Å². The maximum Gasteiger partial charge on any atom is 0.226 e. The first-order valence-electron chi connectivity index (χ1n) is 12.0. The Bertz CT molecular complexity index is 1030. The van der Waals surface area contributed by atoms with Crippen LogP contribution in [-0.2, 0) is 22.5 Å². The average molecular weight is 450 g/mol. The number of hydrogen-bond donors (Lipinski definition) is 1. The highest BCUT2D eigenvalue weighted by Crippen LogP contribution is 2.39. The number of nitrogens with one attached hydrogen (secondary N) is 1. The molecule has 0 saturated carbocycles. The predicted octanol–water partition coefficient (Wildman–Crippen LogP) is 3.95. The quantitative estimate of drug-likeness (QED) is 0.745. The van der Waals surface area contributed by atoms with Gasteiger partial charge in [-0.25, -0.2) is 9.97 Å². The van der Waals surface area contributed by atoms with Crippen molar-refractivity contribution in [1.29, 1.82) is 0 Å². The molecule has 2 aromatic rings. The summed E-state index contributed by atoms with van der Waals surface area (Å²) < 4.78 is 5.37. The van der Waals surface area contributed by atoms with Crippen LogP contribution in [0.3, 0.4) is 0 Å². The molecule has 2 aromatic heterocycles. The molecule has 0 aromatic carbocycles. The van der Waals surface area contributed by atoms with Crippen LogP contribution in [0.5, 0.6) is 0 Å². The van der Waals surface area contributed by atoms with Gasteiger partial charge in [0.25, 0.3) is 0 Å². The van der Waals surface area contributed by atoms with Gasteiger partial charge in [-0.05, 0) is 48.4 Å². The monoisotopic (exact) mass is 449 g/mol. The number of carbonyl (C=O) groups is 1. The zero-order chi connectivity index (χ0) is 23.2. The molecule has 0 radical (unpaired) electrons. The van der Waals surface area contributed by atoms with Crippen LogP contribution in [0.15, 0.2) is 24.4 Å². The minimum absolute atomic E-state index is 0.0230. The van der Waals surface area contributed by atoms with E-state index in [4.69, 9.17) is 14.7 Å². The lowest BCUT2D eigenvalue weighted by Gasteiger charge is -2.55. The topological polar surface area (TPSA) is 70.6 Å². The zero-order valence-corrected chi connectivity index (χ0v) is 20.3. The summed E-state index contributed by atoms with van der Waals surface area (Å²) in [4.78, 5) is 26.7. The Hall–Kier alpha value is -2.67. The average Bonchev–Trinajstić information content (AvgIpc) is 2.67. The summed E-state index contributed by atoms with van der Waals surface area (Å²) in [5.41, 5.74) is 4.79. The van der Waals surface area contributed by atoms with E-state index >= 15 is 0 Å². The maximum atomic E-state index is 12.4. The summed E-state index contributed by atoms with van der Waals surface area (Å²) in [5.74, 6) is 1.78. The van der Waals surface area contributed by atoms with E-state index in [1.165, 1.54) is 11.3 Å². The summed E-state index contributed by atoms with van der Waals surface area (Å²) in [5, 5.41) is 3.03. The lowest BCUT2D eigenvalue weighted by molar-refractivity contribution is -0.127. The Labute approximate surface area is 196 Å². The van der Waals surface area contributed by atoms with Crippen molar-refractivity contribution in [2.45, 2.75) is 53.5 Å². The van der Waals surface area contributed by atoms with Gasteiger partial charge in [-0.3, -0.25) is 4.79 Å². The van der Waals surface area contributed by atoms with E-state index in [2.05, 4.69) is 54.1 Å². The molecule has 3 aliphatic rings. The van der Waals surface area contributed by atoms with E-state index in [1.807, 2.05) is 13.1 Å². The van der Waals surface area contributed by atoms with Crippen molar-refractivity contribution in [2.24, 2.45) is 10.8 Å². The molecular formula is C26H35N5O2. The smallest absolute Gasteiger partial charge is 0.226 e. The van der Waals surface area contributed by atoms with Gasteiger partial charge >= 0.3 is 0 Å². The third-order valence-electron chi connectivity index (χ3n) is 6.78. The predicted molar refractivity (Wildman–Crippen MR) is 131 cm³/mol. The van der Waals surface area contributed by atoms with Crippen molar-refractivity contribution in [1.82, 2.24) is 9.97 Å². The Morgan fingerprint density at radius 3 is 2.67 bits per heavy atom. The number of aryl methyl sites for hydroxylation is 2. The fourth-order valence-corrected chi connectivity index (χ4v) is 5.02. The number of amides is 1. The van der Waals surface area contributed by atoms with Crippen molar-refractivity contribution >= 4 is 23.2 Å². The first kappa shape index (κ1) is 22.1.